The Morgan fingerprint density at radius 3 is 2.32 bits per heavy atom. The topological polar surface area (TPSA) is 39.1 Å². The Bertz CT molecular complexity index is 674. The van der Waals surface area contributed by atoms with Crippen molar-refractivity contribution in [2.75, 3.05) is 0 Å². The number of unbranched alkanes of at least 4 members (excludes halogenated alkanes) is 1. The third-order valence-electron chi connectivity index (χ3n) is 4.00. The summed E-state index contributed by atoms with van der Waals surface area (Å²) in [6, 6.07) is 12.4. The molecule has 0 aliphatic rings. The van der Waals surface area contributed by atoms with Crippen molar-refractivity contribution in [2.24, 2.45) is 0 Å². The van der Waals surface area contributed by atoms with Crippen LogP contribution in [0.25, 0.3) is 0 Å². The molecular formula is C18H25NO2S. The van der Waals surface area contributed by atoms with E-state index in [0.29, 0.717) is 10.8 Å². The first-order valence-corrected chi connectivity index (χ1v) is 9.53. The summed E-state index contributed by atoms with van der Waals surface area (Å²) in [6.07, 6.45) is 7.05. The van der Waals surface area contributed by atoms with Crippen LogP contribution in [0.5, 0.6) is 0 Å². The van der Waals surface area contributed by atoms with E-state index < -0.39 is 10.0 Å². The average molecular weight is 319 g/mol. The van der Waals surface area contributed by atoms with Crippen molar-refractivity contribution in [2.45, 2.75) is 56.8 Å². The fourth-order valence-electron chi connectivity index (χ4n) is 2.86. The normalized spacial score (nSPS) is 13.2. The predicted octanol–water partition coefficient (Wildman–Crippen LogP) is 4.80. The molecule has 0 radical (unpaired) electrons. The van der Waals surface area contributed by atoms with Gasteiger partial charge in [0.1, 0.15) is 0 Å². The SMILES string of the molecule is CCCCC(CCC)c1cccn1S(=O)(=O)c1ccccc1. The fraction of sp³-hybridized carbons (Fsp3) is 0.444. The van der Waals surface area contributed by atoms with Gasteiger partial charge in [0, 0.05) is 17.8 Å². The standard InChI is InChI=1S/C18H25NO2S/c1-3-5-11-16(10-4-2)18-14-9-15-19(18)22(20,21)17-12-7-6-8-13-17/h6-9,12-16H,3-5,10-11H2,1-2H3. The second kappa shape index (κ2) is 7.63. The van der Waals surface area contributed by atoms with Crippen molar-refractivity contribution >= 4 is 10.0 Å². The van der Waals surface area contributed by atoms with Crippen LogP contribution in [0, 0.1) is 0 Å². The van der Waals surface area contributed by atoms with Crippen LogP contribution >= 0.6 is 0 Å². The summed E-state index contributed by atoms with van der Waals surface area (Å²) >= 11 is 0. The summed E-state index contributed by atoms with van der Waals surface area (Å²) in [5.41, 5.74) is 0.916. The summed E-state index contributed by atoms with van der Waals surface area (Å²) in [6.45, 7) is 4.32. The molecule has 1 aromatic carbocycles. The Hall–Kier alpha value is -1.55. The highest BCUT2D eigenvalue weighted by Gasteiger charge is 2.23. The van der Waals surface area contributed by atoms with Crippen LogP contribution in [0.1, 0.15) is 57.6 Å². The Kier molecular flexibility index (Phi) is 5.83. The van der Waals surface area contributed by atoms with Gasteiger partial charge in [0.15, 0.2) is 0 Å². The van der Waals surface area contributed by atoms with Crippen LogP contribution in [0.2, 0.25) is 0 Å². The number of hydrogen-bond acceptors (Lipinski definition) is 2. The molecule has 1 aromatic heterocycles. The molecule has 0 fully saturated rings. The fourth-order valence-corrected chi connectivity index (χ4v) is 4.31. The predicted molar refractivity (Wildman–Crippen MR) is 90.6 cm³/mol. The highest BCUT2D eigenvalue weighted by atomic mass is 32.2. The zero-order chi connectivity index (χ0) is 16.0. The first-order chi connectivity index (χ1) is 10.6. The third-order valence-corrected chi connectivity index (χ3v) is 5.72. The molecule has 0 aliphatic carbocycles. The Balaban J connectivity index is 2.39. The van der Waals surface area contributed by atoms with Crippen LogP contribution in [-0.4, -0.2) is 12.4 Å². The molecule has 0 N–H and O–H groups in total. The molecule has 2 rings (SSSR count). The van der Waals surface area contributed by atoms with Crippen LogP contribution < -0.4 is 0 Å². The van der Waals surface area contributed by atoms with Crippen molar-refractivity contribution in [1.29, 1.82) is 0 Å². The largest absolute Gasteiger partial charge is 0.267 e. The molecule has 0 saturated heterocycles. The van der Waals surface area contributed by atoms with Crippen LogP contribution in [0.4, 0.5) is 0 Å². The van der Waals surface area contributed by atoms with E-state index in [9.17, 15) is 8.42 Å². The first-order valence-electron chi connectivity index (χ1n) is 8.09. The number of aromatic nitrogens is 1. The molecule has 1 unspecified atom stereocenters. The molecule has 0 saturated carbocycles. The molecule has 120 valence electrons. The Labute approximate surface area is 134 Å². The summed E-state index contributed by atoms with van der Waals surface area (Å²) < 4.78 is 27.2. The van der Waals surface area contributed by atoms with Gasteiger partial charge in [0.2, 0.25) is 0 Å². The maximum atomic E-state index is 12.9. The Morgan fingerprint density at radius 2 is 1.68 bits per heavy atom. The van der Waals surface area contributed by atoms with E-state index in [0.717, 1.165) is 37.8 Å². The van der Waals surface area contributed by atoms with E-state index in [4.69, 9.17) is 0 Å². The minimum atomic E-state index is -3.50. The van der Waals surface area contributed by atoms with Gasteiger partial charge < -0.3 is 0 Å². The molecule has 0 amide bonds. The summed E-state index contributed by atoms with van der Waals surface area (Å²) in [5.74, 6) is 0.304. The van der Waals surface area contributed by atoms with E-state index in [1.54, 1.807) is 30.5 Å². The molecule has 0 spiro atoms. The van der Waals surface area contributed by atoms with E-state index in [2.05, 4.69) is 13.8 Å². The molecule has 3 nitrogen and oxygen atoms in total. The van der Waals surface area contributed by atoms with Gasteiger partial charge in [-0.25, -0.2) is 12.4 Å². The second-order valence-electron chi connectivity index (χ2n) is 5.67. The number of hydrogen-bond donors (Lipinski definition) is 0. The molecule has 1 heterocycles. The molecule has 0 bridgehead atoms. The van der Waals surface area contributed by atoms with Gasteiger partial charge in [-0.1, -0.05) is 51.3 Å². The smallest absolute Gasteiger partial charge is 0.246 e. The molecule has 2 aromatic rings. The van der Waals surface area contributed by atoms with Gasteiger partial charge in [0.25, 0.3) is 10.0 Å². The monoisotopic (exact) mass is 319 g/mol. The zero-order valence-corrected chi connectivity index (χ0v) is 14.2. The number of nitrogens with zero attached hydrogens (tertiary/aromatic N) is 1. The van der Waals surface area contributed by atoms with Gasteiger partial charge in [-0.05, 0) is 37.1 Å². The maximum absolute atomic E-state index is 12.9. The van der Waals surface area contributed by atoms with Gasteiger partial charge in [-0.2, -0.15) is 0 Å². The first kappa shape index (κ1) is 16.8. The minimum Gasteiger partial charge on any atom is -0.246 e. The number of benzene rings is 1. The molecular weight excluding hydrogens is 294 g/mol. The molecule has 4 heteroatoms. The van der Waals surface area contributed by atoms with E-state index >= 15 is 0 Å². The quantitative estimate of drug-likeness (QED) is 0.701. The van der Waals surface area contributed by atoms with Crippen molar-refractivity contribution in [1.82, 2.24) is 3.97 Å². The van der Waals surface area contributed by atoms with E-state index in [1.807, 2.05) is 18.2 Å². The lowest BCUT2D eigenvalue weighted by atomic mass is 9.94. The highest BCUT2D eigenvalue weighted by Crippen LogP contribution is 2.29. The van der Waals surface area contributed by atoms with E-state index in [1.165, 1.54) is 3.97 Å². The molecule has 22 heavy (non-hydrogen) atoms. The number of rotatable bonds is 8. The summed E-state index contributed by atoms with van der Waals surface area (Å²) in [7, 11) is -3.50. The lowest BCUT2D eigenvalue weighted by Gasteiger charge is -2.19. The lowest BCUT2D eigenvalue weighted by Crippen LogP contribution is -2.17. The lowest BCUT2D eigenvalue weighted by molar-refractivity contribution is 0.521. The van der Waals surface area contributed by atoms with Crippen molar-refractivity contribution in [3.63, 3.8) is 0 Å². The van der Waals surface area contributed by atoms with Gasteiger partial charge in [0.05, 0.1) is 4.90 Å². The summed E-state index contributed by atoms with van der Waals surface area (Å²) in [4.78, 5) is 0.346. The van der Waals surface area contributed by atoms with Crippen LogP contribution in [-0.2, 0) is 10.0 Å². The van der Waals surface area contributed by atoms with Gasteiger partial charge >= 0.3 is 0 Å². The molecule has 1 atom stereocenters. The minimum absolute atomic E-state index is 0.304. The zero-order valence-electron chi connectivity index (χ0n) is 13.4. The average Bonchev–Trinajstić information content (AvgIpc) is 3.02. The van der Waals surface area contributed by atoms with Crippen molar-refractivity contribution in [3.05, 3.63) is 54.4 Å². The van der Waals surface area contributed by atoms with E-state index in [-0.39, 0.29) is 0 Å². The second-order valence-corrected chi connectivity index (χ2v) is 7.49. The Morgan fingerprint density at radius 1 is 0.955 bits per heavy atom. The third kappa shape index (κ3) is 3.61. The highest BCUT2D eigenvalue weighted by molar-refractivity contribution is 7.90. The van der Waals surface area contributed by atoms with Crippen molar-refractivity contribution < 1.29 is 8.42 Å². The maximum Gasteiger partial charge on any atom is 0.267 e. The van der Waals surface area contributed by atoms with Crippen molar-refractivity contribution in [3.8, 4) is 0 Å². The van der Waals surface area contributed by atoms with Gasteiger partial charge in [-0.15, -0.1) is 0 Å². The summed E-state index contributed by atoms with van der Waals surface area (Å²) in [5, 5.41) is 0. The molecule has 0 aliphatic heterocycles. The van der Waals surface area contributed by atoms with Crippen LogP contribution in [0.3, 0.4) is 0 Å². The van der Waals surface area contributed by atoms with Gasteiger partial charge in [-0.3, -0.25) is 0 Å². The van der Waals surface area contributed by atoms with Crippen LogP contribution in [0.15, 0.2) is 53.6 Å².